The number of hydrogen-bond acceptors (Lipinski definition) is 29. The molecule has 3 aromatic rings. The summed E-state index contributed by atoms with van der Waals surface area (Å²) in [5.41, 5.74) is 2.54. The van der Waals surface area contributed by atoms with Crippen LogP contribution in [-0.2, 0) is 90.3 Å². The van der Waals surface area contributed by atoms with Gasteiger partial charge >= 0.3 is 29.8 Å². The second-order valence-electron chi connectivity index (χ2n) is 22.6. The maximum atomic E-state index is 13.4. The molecule has 12 N–H and O–H groups in total. The van der Waals surface area contributed by atoms with Crippen LogP contribution in [0.5, 0.6) is 0 Å². The van der Waals surface area contributed by atoms with Crippen molar-refractivity contribution in [2.45, 2.75) is 154 Å². The number of aliphatic hydroxyl groups is 7. The lowest BCUT2D eigenvalue weighted by Gasteiger charge is -2.49. The van der Waals surface area contributed by atoms with Gasteiger partial charge in [0.2, 0.25) is 0 Å². The fraction of sp³-hybridized carbons (Fsp3) is 0.508. The first-order valence-electron chi connectivity index (χ1n) is 31.0. The summed E-state index contributed by atoms with van der Waals surface area (Å²) in [4.78, 5) is 77.4. The number of methoxy groups -OCH3 is 2. The Morgan fingerprint density at radius 2 is 0.606 bits per heavy atom. The second kappa shape index (κ2) is 37.7. The molecule has 5 aliphatic heterocycles. The van der Waals surface area contributed by atoms with Gasteiger partial charge in [0.1, 0.15) is 91.6 Å². The molecular formula is C65H79N3O31. The van der Waals surface area contributed by atoms with E-state index in [-0.39, 0.29) is 26.2 Å². The van der Waals surface area contributed by atoms with Crippen LogP contribution in [0.2, 0.25) is 0 Å². The fourth-order valence-electron chi connectivity index (χ4n) is 11.1. The molecule has 0 radical (unpaired) electrons. The fourth-order valence-corrected chi connectivity index (χ4v) is 11.1. The normalized spacial score (nSPS) is 35.4. The van der Waals surface area contributed by atoms with Gasteiger partial charge in [-0.05, 0) is 34.9 Å². The van der Waals surface area contributed by atoms with Crippen molar-refractivity contribution < 1.29 is 152 Å². The lowest BCUT2D eigenvalue weighted by Crippen LogP contribution is -2.69. The van der Waals surface area contributed by atoms with Crippen molar-refractivity contribution in [2.24, 2.45) is 15.0 Å². The SMILES string of the molecule is COC1OC(C(=O)O)C(OC2OC(C(=O)O)C(OC3OC(C(=O)O)C(OC4OC(C(=O)O)C(OC5OC(C(=O)O)C(OC)C(O)C5O)C(O)C4OCC/N=C/C=C/c4ccccc4)C(O)C3OCC/N=C/C=C/c3ccccc3)C(O)C2O)C(O)C1OCC/N=C/C=C/c1ccccc1. The average molecular weight is 1400 g/mol. The first kappa shape index (κ1) is 77.1. The van der Waals surface area contributed by atoms with Gasteiger partial charge < -0.3 is 128 Å². The van der Waals surface area contributed by atoms with Gasteiger partial charge in [-0.3, -0.25) is 15.0 Å². The highest BCUT2D eigenvalue weighted by atomic mass is 16.8. The van der Waals surface area contributed by atoms with Gasteiger partial charge in [0, 0.05) is 32.9 Å². The Morgan fingerprint density at radius 3 is 0.909 bits per heavy atom. The predicted octanol–water partition coefficient (Wildman–Crippen LogP) is -1.73. The zero-order valence-electron chi connectivity index (χ0n) is 53.0. The molecule has 3 aromatic carbocycles. The molecule has 5 fully saturated rings. The van der Waals surface area contributed by atoms with E-state index in [1.54, 1.807) is 48.6 Å². The van der Waals surface area contributed by atoms with Gasteiger partial charge in [0.25, 0.3) is 0 Å². The second-order valence-corrected chi connectivity index (χ2v) is 22.6. The molecule has 25 atom stereocenters. The highest BCUT2D eigenvalue weighted by molar-refractivity contribution is 5.80. The summed E-state index contributed by atoms with van der Waals surface area (Å²) in [5.74, 6) is -9.31. The van der Waals surface area contributed by atoms with Crippen molar-refractivity contribution in [3.63, 3.8) is 0 Å². The minimum Gasteiger partial charge on any atom is -0.479 e. The van der Waals surface area contributed by atoms with Crippen molar-refractivity contribution >= 4 is 66.7 Å². The number of aliphatic carboxylic acids is 5. The van der Waals surface area contributed by atoms with E-state index in [1.165, 1.54) is 18.6 Å². The van der Waals surface area contributed by atoms with E-state index in [0.29, 0.717) is 0 Å². The number of nitrogens with zero attached hydrogens (tertiary/aromatic N) is 3. The molecule has 99 heavy (non-hydrogen) atoms. The summed E-state index contributed by atoms with van der Waals surface area (Å²) in [5, 5.41) is 134. The molecule has 34 heteroatoms. The lowest BCUT2D eigenvalue weighted by atomic mass is 9.94. The molecule has 25 unspecified atom stereocenters. The van der Waals surface area contributed by atoms with Crippen LogP contribution in [0.25, 0.3) is 18.2 Å². The molecule has 0 saturated carbocycles. The van der Waals surface area contributed by atoms with E-state index in [2.05, 4.69) is 15.0 Å². The van der Waals surface area contributed by atoms with E-state index in [9.17, 15) is 85.3 Å². The van der Waals surface area contributed by atoms with Crippen molar-refractivity contribution in [1.29, 1.82) is 0 Å². The van der Waals surface area contributed by atoms with E-state index < -0.39 is 197 Å². The van der Waals surface area contributed by atoms with Crippen LogP contribution < -0.4 is 0 Å². The van der Waals surface area contributed by atoms with Crippen LogP contribution in [0.1, 0.15) is 16.7 Å². The van der Waals surface area contributed by atoms with E-state index in [0.717, 1.165) is 30.9 Å². The Bertz CT molecular complexity index is 3240. The van der Waals surface area contributed by atoms with Gasteiger partial charge in [-0.2, -0.15) is 0 Å². The van der Waals surface area contributed by atoms with Crippen molar-refractivity contribution in [1.82, 2.24) is 0 Å². The molecule has 5 heterocycles. The number of allylic oxidation sites excluding steroid dienone is 3. The third kappa shape index (κ3) is 20.3. The summed E-state index contributed by atoms with van der Waals surface area (Å²) >= 11 is 0. The average Bonchev–Trinajstić information content (AvgIpc) is 0.768. The smallest absolute Gasteiger partial charge is 0.335 e. The summed E-state index contributed by atoms with van der Waals surface area (Å²) in [6, 6.07) is 27.5. The number of carboxylic acid groups (broad SMARTS) is 5. The molecule has 0 bridgehead atoms. The van der Waals surface area contributed by atoms with Gasteiger partial charge in [-0.1, -0.05) is 109 Å². The number of benzene rings is 3. The van der Waals surface area contributed by atoms with Crippen LogP contribution in [0, 0.1) is 0 Å². The highest BCUT2D eigenvalue weighted by Gasteiger charge is 2.61. The summed E-state index contributed by atoms with van der Waals surface area (Å²) in [7, 11) is 2.14. The summed E-state index contributed by atoms with van der Waals surface area (Å²) in [6.45, 7) is -1.57. The topological polar surface area (TPSA) is 494 Å². The van der Waals surface area contributed by atoms with Gasteiger partial charge in [-0.25, -0.2) is 24.0 Å². The molecule has 0 aliphatic carbocycles. The summed E-state index contributed by atoms with van der Waals surface area (Å²) in [6.07, 6.45) is -40.0. The lowest BCUT2D eigenvalue weighted by molar-refractivity contribution is -0.387. The Hall–Kier alpha value is -7.60. The predicted molar refractivity (Wildman–Crippen MR) is 337 cm³/mol. The zero-order chi connectivity index (χ0) is 71.3. The number of hydrogen-bond donors (Lipinski definition) is 12. The van der Waals surface area contributed by atoms with Crippen molar-refractivity contribution in [3.05, 3.63) is 126 Å². The minimum absolute atomic E-state index is 0.0120. The number of aliphatic imine (C=N–C) groups is 3. The van der Waals surface area contributed by atoms with E-state index >= 15 is 0 Å². The largest absolute Gasteiger partial charge is 0.479 e. The summed E-state index contributed by atoms with van der Waals surface area (Å²) < 4.78 is 80.1. The molecule has 0 spiro atoms. The number of carbonyl (C=O) groups is 5. The number of rotatable bonds is 33. The Morgan fingerprint density at radius 1 is 0.343 bits per heavy atom. The Balaban J connectivity index is 1.04. The van der Waals surface area contributed by atoms with E-state index in [4.69, 9.17) is 66.3 Å². The van der Waals surface area contributed by atoms with Crippen LogP contribution in [0.4, 0.5) is 0 Å². The van der Waals surface area contributed by atoms with Gasteiger partial charge in [-0.15, -0.1) is 0 Å². The number of ether oxygens (including phenoxy) is 14. The third-order valence-electron chi connectivity index (χ3n) is 16.0. The molecule has 5 aliphatic rings. The molecule has 5 saturated heterocycles. The molecule has 8 rings (SSSR count). The molecule has 540 valence electrons. The van der Waals surface area contributed by atoms with Crippen molar-refractivity contribution in [3.8, 4) is 0 Å². The molecule has 0 aromatic heterocycles. The number of aliphatic hydroxyl groups excluding tert-OH is 7. The monoisotopic (exact) mass is 1400 g/mol. The first-order chi connectivity index (χ1) is 47.6. The van der Waals surface area contributed by atoms with E-state index in [1.807, 2.05) is 78.9 Å². The van der Waals surface area contributed by atoms with Gasteiger partial charge in [0.05, 0.1) is 39.5 Å². The maximum Gasteiger partial charge on any atom is 0.335 e. The standard InChI is InChI=1S/C65H79N3O31/c1-86-43-36(69)38(71)61(95-51(43)56(76)77)92-46-41(74)49(89-31-28-67-25-13-22-34-17-8-4-9-18-34)65(98-54(46)59(82)83)94-47-42(75)50(90-32-29-68-26-14-23-35-19-10-5-11-20-35)64(99-55(47)60(84)85)93-44-37(70)39(72)62(96-52(44)57(78)79)91-45-40(73)48(63(87-2)97-53(45)58(80)81)88-30-27-66-24-12-21-33-15-6-3-7-16-33/h3-26,36-55,61-65,69-75H,27-32H2,1-2H3,(H,76,77)(H,78,79)(H,80,81)(H,82,83)(H,84,85)/b21-12+,22-13+,23-14+,66-24+,67-25+,68-26+. The van der Waals surface area contributed by atoms with Crippen LogP contribution in [0.3, 0.4) is 0 Å². The highest BCUT2D eigenvalue weighted by Crippen LogP contribution is 2.38. The van der Waals surface area contributed by atoms with Crippen LogP contribution in [-0.4, -0.2) is 317 Å². The van der Waals surface area contributed by atoms with Crippen molar-refractivity contribution in [2.75, 3.05) is 53.7 Å². The zero-order valence-corrected chi connectivity index (χ0v) is 53.0. The quantitative estimate of drug-likeness (QED) is 0.0238. The Kier molecular flexibility index (Phi) is 29.4. The third-order valence-corrected chi connectivity index (χ3v) is 16.0. The number of carboxylic acids is 5. The van der Waals surface area contributed by atoms with Crippen LogP contribution in [0.15, 0.2) is 124 Å². The molecule has 0 amide bonds. The van der Waals surface area contributed by atoms with Crippen LogP contribution >= 0.6 is 0 Å². The first-order valence-corrected chi connectivity index (χ1v) is 31.0. The Labute approximate surface area is 564 Å². The molecule has 34 nitrogen and oxygen atoms in total. The molecular weight excluding hydrogens is 1320 g/mol. The maximum absolute atomic E-state index is 13.4. The van der Waals surface area contributed by atoms with Gasteiger partial charge in [0.15, 0.2) is 62.0 Å². The minimum atomic E-state index is -2.51.